The van der Waals surface area contributed by atoms with Gasteiger partial charge in [-0.25, -0.2) is 4.39 Å². The first-order valence-electron chi connectivity index (χ1n) is 10.4. The Labute approximate surface area is 227 Å². The number of alkyl halides is 5. The second-order valence-corrected chi connectivity index (χ2v) is 10.4. The second kappa shape index (κ2) is 10.2. The summed E-state index contributed by atoms with van der Waals surface area (Å²) in [7, 11) is 0. The zero-order valence-corrected chi connectivity index (χ0v) is 21.2. The molecule has 4 rings (SSSR count). The molecule has 2 unspecified atom stereocenters. The van der Waals surface area contributed by atoms with Crippen LogP contribution < -0.4 is 15.4 Å². The van der Waals surface area contributed by atoms with Crippen molar-refractivity contribution in [2.45, 2.75) is 16.6 Å². The van der Waals surface area contributed by atoms with Gasteiger partial charge in [-0.2, -0.15) is 0 Å². The molecule has 5 nitrogen and oxygen atoms in total. The molecule has 2 atom stereocenters. The van der Waals surface area contributed by atoms with E-state index in [0.717, 1.165) is 30.3 Å². The van der Waals surface area contributed by atoms with Crippen molar-refractivity contribution in [1.82, 2.24) is 0 Å². The molecule has 2 amide bonds. The first kappa shape index (κ1) is 27.3. The van der Waals surface area contributed by atoms with Gasteiger partial charge < -0.3 is 15.4 Å². The molecule has 1 fully saturated rings. The molecule has 1 aliphatic carbocycles. The summed E-state index contributed by atoms with van der Waals surface area (Å²) in [5, 5.41) is 5.48. The van der Waals surface area contributed by atoms with Crippen molar-refractivity contribution in [3.63, 3.8) is 0 Å². The predicted molar refractivity (Wildman–Crippen MR) is 133 cm³/mol. The highest BCUT2D eigenvalue weighted by Crippen LogP contribution is 2.65. The second-order valence-electron chi connectivity index (χ2n) is 8.04. The maximum atomic E-state index is 13.1. The van der Waals surface area contributed by atoms with E-state index in [9.17, 15) is 27.2 Å². The van der Waals surface area contributed by atoms with Crippen LogP contribution in [0.3, 0.4) is 0 Å². The van der Waals surface area contributed by atoms with Gasteiger partial charge in [-0.05, 0) is 66.2 Å². The summed E-state index contributed by atoms with van der Waals surface area (Å²) < 4.78 is 54.3. The lowest BCUT2D eigenvalue weighted by Gasteiger charge is -2.15. The Morgan fingerprint density at radius 3 is 2.05 bits per heavy atom. The molecule has 0 saturated heterocycles. The smallest absolute Gasteiger partial charge is 0.405 e. The minimum Gasteiger partial charge on any atom is -0.405 e. The number of halogens is 8. The first-order valence-corrected chi connectivity index (χ1v) is 11.9. The Morgan fingerprint density at radius 2 is 1.46 bits per heavy atom. The summed E-state index contributed by atoms with van der Waals surface area (Å²) in [6.45, 7) is 0. The normalized spacial score (nSPS) is 18.2. The van der Waals surface area contributed by atoms with Crippen molar-refractivity contribution in [3.05, 3.63) is 87.7 Å². The number of amides is 2. The van der Waals surface area contributed by atoms with E-state index in [1.165, 1.54) is 18.2 Å². The molecular formula is C24H14Cl4F4N2O3. The van der Waals surface area contributed by atoms with Crippen LogP contribution in [0, 0.1) is 11.7 Å². The van der Waals surface area contributed by atoms with E-state index in [0.29, 0.717) is 15.6 Å². The molecule has 2 N–H and O–H groups in total. The van der Waals surface area contributed by atoms with Crippen molar-refractivity contribution < 1.29 is 31.9 Å². The molecule has 0 spiro atoms. The number of carbonyl (C=O) groups excluding carboxylic acids is 2. The molecule has 13 heteroatoms. The first-order chi connectivity index (χ1) is 17.2. The van der Waals surface area contributed by atoms with Gasteiger partial charge in [0.25, 0.3) is 5.91 Å². The van der Waals surface area contributed by atoms with E-state index in [4.69, 9.17) is 46.4 Å². The summed E-state index contributed by atoms with van der Waals surface area (Å²) in [4.78, 5) is 25.7. The number of hydrogen-bond acceptors (Lipinski definition) is 3. The van der Waals surface area contributed by atoms with E-state index < -0.39 is 51.5 Å². The van der Waals surface area contributed by atoms with Crippen LogP contribution in [0.4, 0.5) is 28.9 Å². The lowest BCUT2D eigenvalue weighted by molar-refractivity contribution is -0.274. The fourth-order valence-electron chi connectivity index (χ4n) is 3.77. The van der Waals surface area contributed by atoms with Crippen LogP contribution in [0.25, 0.3) is 0 Å². The van der Waals surface area contributed by atoms with Crippen molar-refractivity contribution in [1.29, 1.82) is 0 Å². The van der Waals surface area contributed by atoms with Gasteiger partial charge in [-0.3, -0.25) is 9.59 Å². The van der Waals surface area contributed by atoms with Crippen LogP contribution in [0.2, 0.25) is 10.0 Å². The van der Waals surface area contributed by atoms with Crippen LogP contribution in [-0.4, -0.2) is 22.5 Å². The monoisotopic (exact) mass is 594 g/mol. The molecular weight excluding hydrogens is 582 g/mol. The standard InChI is InChI=1S/C24H14Cl4F4N2O3/c25-12-7-11(8-13(26)9-12)19-20(23(19,27)28)22(36)34-16-5-6-18(37-24(30,31)32)17(10-16)21(35)33-15-3-1-14(29)2-4-15/h1-10,19-20H,(H,33,35)(H,34,36). The van der Waals surface area contributed by atoms with E-state index in [-0.39, 0.29) is 11.4 Å². The SMILES string of the molecule is O=C(Nc1ccc(F)cc1)c1cc(NC(=O)C2C(c3cc(Cl)cc(Cl)c3)C2(Cl)Cl)ccc1OC(F)(F)F. The molecule has 0 aromatic heterocycles. The van der Waals surface area contributed by atoms with E-state index in [2.05, 4.69) is 15.4 Å². The quantitative estimate of drug-likeness (QED) is 0.226. The number of rotatable bonds is 6. The molecule has 0 bridgehead atoms. The lowest BCUT2D eigenvalue weighted by atomic mass is 10.1. The Kier molecular flexibility index (Phi) is 7.54. The van der Waals surface area contributed by atoms with Crippen molar-refractivity contribution >= 4 is 69.6 Å². The van der Waals surface area contributed by atoms with Crippen LogP contribution in [0.5, 0.6) is 5.75 Å². The van der Waals surface area contributed by atoms with Crippen LogP contribution in [0.1, 0.15) is 21.8 Å². The number of carbonyl (C=O) groups is 2. The Balaban J connectivity index is 1.58. The third-order valence-electron chi connectivity index (χ3n) is 5.40. The van der Waals surface area contributed by atoms with E-state index in [1.54, 1.807) is 12.1 Å². The zero-order chi connectivity index (χ0) is 27.1. The molecule has 0 radical (unpaired) electrons. The Hall–Kier alpha value is -2.72. The van der Waals surface area contributed by atoms with Gasteiger partial charge >= 0.3 is 6.36 Å². The van der Waals surface area contributed by atoms with Gasteiger partial charge in [0.05, 0.1) is 11.5 Å². The number of ether oxygens (including phenoxy) is 1. The fraction of sp³-hybridized carbons (Fsp3) is 0.167. The van der Waals surface area contributed by atoms with Crippen molar-refractivity contribution in [2.75, 3.05) is 10.6 Å². The molecule has 37 heavy (non-hydrogen) atoms. The third kappa shape index (κ3) is 6.41. The summed E-state index contributed by atoms with van der Waals surface area (Å²) in [6.07, 6.45) is -5.09. The van der Waals surface area contributed by atoms with Crippen LogP contribution in [-0.2, 0) is 4.79 Å². The molecule has 0 heterocycles. The highest BCUT2D eigenvalue weighted by atomic mass is 35.5. The molecule has 3 aromatic carbocycles. The van der Waals surface area contributed by atoms with Gasteiger partial charge in [0.15, 0.2) is 0 Å². The molecule has 1 aliphatic rings. The number of hydrogen-bond donors (Lipinski definition) is 2. The molecule has 194 valence electrons. The van der Waals surface area contributed by atoms with Crippen LogP contribution >= 0.6 is 46.4 Å². The zero-order valence-electron chi connectivity index (χ0n) is 18.2. The highest BCUT2D eigenvalue weighted by Gasteiger charge is 2.67. The summed E-state index contributed by atoms with van der Waals surface area (Å²) in [5.41, 5.74) is 0.0731. The maximum Gasteiger partial charge on any atom is 0.573 e. The average Bonchev–Trinajstić information content (AvgIpc) is 3.37. The van der Waals surface area contributed by atoms with Gasteiger partial charge in [0, 0.05) is 27.3 Å². The summed E-state index contributed by atoms with van der Waals surface area (Å²) >= 11 is 24.7. The van der Waals surface area contributed by atoms with E-state index in [1.807, 2.05) is 0 Å². The average molecular weight is 596 g/mol. The van der Waals surface area contributed by atoms with Gasteiger partial charge in [0.1, 0.15) is 15.9 Å². The highest BCUT2D eigenvalue weighted by molar-refractivity contribution is 6.53. The number of nitrogens with one attached hydrogen (secondary N) is 2. The predicted octanol–water partition coefficient (Wildman–Crippen LogP) is 7.81. The summed E-state index contributed by atoms with van der Waals surface area (Å²) in [5.74, 6) is -4.65. The topological polar surface area (TPSA) is 67.4 Å². The largest absolute Gasteiger partial charge is 0.573 e. The molecule has 0 aliphatic heterocycles. The Bertz CT molecular complexity index is 1350. The minimum absolute atomic E-state index is 0.0253. The minimum atomic E-state index is -5.09. The maximum absolute atomic E-state index is 13.1. The van der Waals surface area contributed by atoms with E-state index >= 15 is 0 Å². The Morgan fingerprint density at radius 1 is 0.865 bits per heavy atom. The van der Waals surface area contributed by atoms with Gasteiger partial charge in [0.2, 0.25) is 5.91 Å². The lowest BCUT2D eigenvalue weighted by Crippen LogP contribution is -2.22. The number of benzene rings is 3. The third-order valence-corrected chi connectivity index (χ3v) is 6.78. The van der Waals surface area contributed by atoms with Gasteiger partial charge in [-0.1, -0.05) is 23.2 Å². The number of anilines is 2. The summed E-state index contributed by atoms with van der Waals surface area (Å²) in [6, 6.07) is 12.2. The van der Waals surface area contributed by atoms with Crippen molar-refractivity contribution in [2.24, 2.45) is 5.92 Å². The van der Waals surface area contributed by atoms with Gasteiger partial charge in [-0.15, -0.1) is 36.4 Å². The molecule has 3 aromatic rings. The fourth-order valence-corrected chi connectivity index (χ4v) is 5.14. The van der Waals surface area contributed by atoms with Crippen molar-refractivity contribution in [3.8, 4) is 5.75 Å². The van der Waals surface area contributed by atoms with Crippen LogP contribution in [0.15, 0.2) is 60.7 Å². The molecule has 1 saturated carbocycles.